The molecule has 1 aromatic carbocycles. The topological polar surface area (TPSA) is 35.5 Å². The molecule has 3 heteroatoms. The highest BCUT2D eigenvalue weighted by atomic mass is 16.3. The first-order valence-electron chi connectivity index (χ1n) is 5.11. The van der Waals surface area contributed by atoms with Gasteiger partial charge in [-0.1, -0.05) is 0 Å². The molecular formula is C11H16N2O. The minimum atomic E-state index is 0.335. The highest BCUT2D eigenvalue weighted by Gasteiger charge is 2.08. The molecule has 0 aliphatic carbocycles. The summed E-state index contributed by atoms with van der Waals surface area (Å²) in [5.41, 5.74) is 1.20. The molecule has 0 unspecified atom stereocenters. The lowest BCUT2D eigenvalue weighted by atomic mass is 10.2. The maximum absolute atomic E-state index is 9.18. The van der Waals surface area contributed by atoms with Crippen molar-refractivity contribution < 1.29 is 5.11 Å². The van der Waals surface area contributed by atoms with Gasteiger partial charge in [-0.05, 0) is 37.2 Å². The molecule has 0 radical (unpaired) electrons. The van der Waals surface area contributed by atoms with Crippen molar-refractivity contribution in [1.82, 2.24) is 5.32 Å². The lowest BCUT2D eigenvalue weighted by Gasteiger charge is -2.22. The van der Waals surface area contributed by atoms with Gasteiger partial charge in [0.15, 0.2) is 0 Å². The molecule has 1 fully saturated rings. The average molecular weight is 192 g/mol. The lowest BCUT2D eigenvalue weighted by molar-refractivity contribution is 0.475. The quantitative estimate of drug-likeness (QED) is 0.701. The smallest absolute Gasteiger partial charge is 0.115 e. The van der Waals surface area contributed by atoms with Crippen LogP contribution >= 0.6 is 0 Å². The molecule has 0 saturated carbocycles. The van der Waals surface area contributed by atoms with Crippen LogP contribution < -0.4 is 10.2 Å². The third-order valence-corrected chi connectivity index (χ3v) is 2.55. The van der Waals surface area contributed by atoms with Crippen molar-refractivity contribution in [2.24, 2.45) is 0 Å². The molecule has 14 heavy (non-hydrogen) atoms. The summed E-state index contributed by atoms with van der Waals surface area (Å²) in [6.45, 7) is 4.29. The number of hydrogen-bond acceptors (Lipinski definition) is 3. The van der Waals surface area contributed by atoms with Gasteiger partial charge in [-0.15, -0.1) is 0 Å². The number of nitrogens with one attached hydrogen (secondary N) is 1. The van der Waals surface area contributed by atoms with Gasteiger partial charge >= 0.3 is 0 Å². The second-order valence-corrected chi connectivity index (χ2v) is 3.61. The van der Waals surface area contributed by atoms with Crippen molar-refractivity contribution in [3.8, 4) is 5.75 Å². The van der Waals surface area contributed by atoms with Crippen molar-refractivity contribution in [2.45, 2.75) is 6.42 Å². The van der Waals surface area contributed by atoms with E-state index in [1.165, 1.54) is 12.1 Å². The van der Waals surface area contributed by atoms with Crippen LogP contribution in [0.15, 0.2) is 24.3 Å². The van der Waals surface area contributed by atoms with Gasteiger partial charge in [0.25, 0.3) is 0 Å². The Morgan fingerprint density at radius 1 is 1.07 bits per heavy atom. The van der Waals surface area contributed by atoms with Crippen molar-refractivity contribution in [1.29, 1.82) is 0 Å². The van der Waals surface area contributed by atoms with Gasteiger partial charge in [0.05, 0.1) is 0 Å². The van der Waals surface area contributed by atoms with E-state index in [1.807, 2.05) is 12.1 Å². The number of benzene rings is 1. The van der Waals surface area contributed by atoms with Gasteiger partial charge in [-0.3, -0.25) is 0 Å². The zero-order valence-electron chi connectivity index (χ0n) is 8.24. The Labute approximate surface area is 84.4 Å². The van der Waals surface area contributed by atoms with E-state index < -0.39 is 0 Å². The van der Waals surface area contributed by atoms with E-state index in [0.717, 1.165) is 26.2 Å². The number of rotatable bonds is 1. The predicted octanol–water partition coefficient (Wildman–Crippen LogP) is 1.19. The molecule has 3 nitrogen and oxygen atoms in total. The second kappa shape index (κ2) is 4.33. The van der Waals surface area contributed by atoms with Crippen LogP contribution in [0, 0.1) is 0 Å². The number of aromatic hydroxyl groups is 1. The molecule has 2 N–H and O–H groups in total. The maximum atomic E-state index is 9.18. The Balaban J connectivity index is 2.08. The van der Waals surface area contributed by atoms with Crippen LogP contribution in [-0.4, -0.2) is 31.3 Å². The number of anilines is 1. The summed E-state index contributed by atoms with van der Waals surface area (Å²) < 4.78 is 0. The minimum Gasteiger partial charge on any atom is -0.508 e. The van der Waals surface area contributed by atoms with Gasteiger partial charge in [0.1, 0.15) is 5.75 Å². The van der Waals surface area contributed by atoms with Crippen LogP contribution in [0.2, 0.25) is 0 Å². The fourth-order valence-corrected chi connectivity index (χ4v) is 1.77. The predicted molar refractivity (Wildman–Crippen MR) is 57.8 cm³/mol. The molecule has 1 heterocycles. The Hall–Kier alpha value is -1.22. The molecule has 2 rings (SSSR count). The largest absolute Gasteiger partial charge is 0.508 e. The van der Waals surface area contributed by atoms with E-state index in [4.69, 9.17) is 0 Å². The highest BCUT2D eigenvalue weighted by Crippen LogP contribution is 2.18. The van der Waals surface area contributed by atoms with Crippen LogP contribution in [0.4, 0.5) is 5.69 Å². The minimum absolute atomic E-state index is 0.335. The molecule has 0 amide bonds. The zero-order valence-corrected chi connectivity index (χ0v) is 8.24. The molecule has 1 aliphatic heterocycles. The summed E-state index contributed by atoms with van der Waals surface area (Å²) in [5.74, 6) is 0.335. The summed E-state index contributed by atoms with van der Waals surface area (Å²) in [4.78, 5) is 2.35. The Morgan fingerprint density at radius 2 is 1.86 bits per heavy atom. The molecule has 0 aromatic heterocycles. The molecule has 76 valence electrons. The maximum Gasteiger partial charge on any atom is 0.115 e. The van der Waals surface area contributed by atoms with Crippen molar-refractivity contribution in [3.05, 3.63) is 24.3 Å². The number of nitrogens with zero attached hydrogens (tertiary/aromatic N) is 1. The SMILES string of the molecule is Oc1ccc(N2CCCNCC2)cc1. The van der Waals surface area contributed by atoms with Crippen LogP contribution in [0.25, 0.3) is 0 Å². The molecule has 0 spiro atoms. The number of phenolic OH excluding ortho intramolecular Hbond substituents is 1. The van der Waals surface area contributed by atoms with Crippen LogP contribution in [0.3, 0.4) is 0 Å². The first-order chi connectivity index (χ1) is 6.86. The second-order valence-electron chi connectivity index (χ2n) is 3.61. The van der Waals surface area contributed by atoms with Crippen molar-refractivity contribution >= 4 is 5.69 Å². The van der Waals surface area contributed by atoms with E-state index in [0.29, 0.717) is 5.75 Å². The molecule has 1 aromatic rings. The first kappa shape index (κ1) is 9.34. The first-order valence-corrected chi connectivity index (χ1v) is 5.11. The molecule has 1 saturated heterocycles. The Kier molecular flexibility index (Phi) is 2.89. The van der Waals surface area contributed by atoms with Crippen molar-refractivity contribution in [2.75, 3.05) is 31.1 Å². The van der Waals surface area contributed by atoms with Gasteiger partial charge < -0.3 is 15.3 Å². The summed E-state index contributed by atoms with van der Waals surface area (Å²) in [7, 11) is 0. The molecule has 0 bridgehead atoms. The number of hydrogen-bond donors (Lipinski definition) is 2. The molecular weight excluding hydrogens is 176 g/mol. The normalized spacial score (nSPS) is 17.9. The summed E-state index contributed by atoms with van der Waals surface area (Å²) in [6.07, 6.45) is 1.18. The van der Waals surface area contributed by atoms with E-state index in [2.05, 4.69) is 10.2 Å². The number of phenols is 1. The van der Waals surface area contributed by atoms with Gasteiger partial charge in [0.2, 0.25) is 0 Å². The van der Waals surface area contributed by atoms with Gasteiger partial charge in [0, 0.05) is 25.3 Å². The van der Waals surface area contributed by atoms with E-state index in [9.17, 15) is 5.11 Å². The average Bonchev–Trinajstić information content (AvgIpc) is 2.47. The highest BCUT2D eigenvalue weighted by molar-refractivity contribution is 5.48. The van der Waals surface area contributed by atoms with E-state index in [1.54, 1.807) is 12.1 Å². The van der Waals surface area contributed by atoms with Crippen molar-refractivity contribution in [3.63, 3.8) is 0 Å². The fraction of sp³-hybridized carbons (Fsp3) is 0.455. The zero-order chi connectivity index (χ0) is 9.80. The summed E-state index contributed by atoms with van der Waals surface area (Å²) >= 11 is 0. The fourth-order valence-electron chi connectivity index (χ4n) is 1.77. The lowest BCUT2D eigenvalue weighted by Crippen LogP contribution is -2.27. The standard InChI is InChI=1S/C11H16N2O/c14-11-4-2-10(3-5-11)13-8-1-6-12-7-9-13/h2-5,12,14H,1,6-9H2. The van der Waals surface area contributed by atoms with E-state index in [-0.39, 0.29) is 0 Å². The molecule has 1 aliphatic rings. The Morgan fingerprint density at radius 3 is 2.64 bits per heavy atom. The Bertz CT molecular complexity index is 276. The van der Waals surface area contributed by atoms with Crippen LogP contribution in [0.1, 0.15) is 6.42 Å². The monoisotopic (exact) mass is 192 g/mol. The van der Waals surface area contributed by atoms with Gasteiger partial charge in [-0.25, -0.2) is 0 Å². The van der Waals surface area contributed by atoms with Gasteiger partial charge in [-0.2, -0.15) is 0 Å². The third kappa shape index (κ3) is 2.17. The molecule has 0 atom stereocenters. The van der Waals surface area contributed by atoms with Crippen LogP contribution in [0.5, 0.6) is 5.75 Å². The summed E-state index contributed by atoms with van der Waals surface area (Å²) in [6, 6.07) is 7.43. The third-order valence-electron chi connectivity index (χ3n) is 2.55. The van der Waals surface area contributed by atoms with E-state index >= 15 is 0 Å². The van der Waals surface area contributed by atoms with Crippen LogP contribution in [-0.2, 0) is 0 Å². The summed E-state index contributed by atoms with van der Waals surface area (Å²) in [5, 5.41) is 12.5.